The Morgan fingerprint density at radius 2 is 1.75 bits per heavy atom. The lowest BCUT2D eigenvalue weighted by Crippen LogP contribution is -2.21. The van der Waals surface area contributed by atoms with Gasteiger partial charge in [-0.25, -0.2) is 4.39 Å². The molecule has 112 valence electrons. The average Bonchev–Trinajstić information content (AvgIpc) is 2.26. The molecule has 1 aromatic carbocycles. The van der Waals surface area contributed by atoms with Crippen molar-refractivity contribution in [1.29, 1.82) is 0 Å². The molecule has 1 nitrogen and oxygen atoms in total. The number of halogens is 4. The summed E-state index contributed by atoms with van der Waals surface area (Å²) in [7, 11) is 0. The van der Waals surface area contributed by atoms with Crippen molar-refractivity contribution in [3.8, 4) is 0 Å². The largest absolute Gasteiger partial charge is 0.419 e. The molecule has 0 heterocycles. The second kappa shape index (κ2) is 5.54. The lowest BCUT2D eigenvalue weighted by atomic mass is 9.78. The Kier molecular flexibility index (Phi) is 4.62. The van der Waals surface area contributed by atoms with Crippen molar-refractivity contribution in [3.63, 3.8) is 0 Å². The molecule has 0 aliphatic carbocycles. The van der Waals surface area contributed by atoms with Gasteiger partial charge in [-0.3, -0.25) is 4.79 Å². The molecule has 0 fully saturated rings. The van der Waals surface area contributed by atoms with Crippen molar-refractivity contribution in [2.45, 2.75) is 40.3 Å². The van der Waals surface area contributed by atoms with Gasteiger partial charge in [0.2, 0.25) is 0 Å². The second-order valence-electron chi connectivity index (χ2n) is 6.09. The number of hydrogen-bond donors (Lipinski definition) is 0. The predicted molar refractivity (Wildman–Crippen MR) is 69.0 cm³/mol. The van der Waals surface area contributed by atoms with Crippen LogP contribution in [0.15, 0.2) is 18.2 Å². The Balaban J connectivity index is 3.01. The summed E-state index contributed by atoms with van der Waals surface area (Å²) in [4.78, 5) is 12.0. The Bertz CT molecular complexity index is 498. The SMILES string of the molecule is CC(CC(=O)c1ccc(F)c(C(F)(F)F)c1)C(C)(C)C. The Morgan fingerprint density at radius 3 is 2.20 bits per heavy atom. The fourth-order valence-electron chi connectivity index (χ4n) is 1.62. The van der Waals surface area contributed by atoms with Crippen LogP contribution in [0.5, 0.6) is 0 Å². The summed E-state index contributed by atoms with van der Waals surface area (Å²) < 4.78 is 50.9. The molecular weight excluding hydrogens is 272 g/mol. The summed E-state index contributed by atoms with van der Waals surface area (Å²) >= 11 is 0. The maximum absolute atomic E-state index is 13.1. The maximum atomic E-state index is 13.1. The van der Waals surface area contributed by atoms with Gasteiger partial charge in [-0.1, -0.05) is 27.7 Å². The molecule has 1 aromatic rings. The van der Waals surface area contributed by atoms with Crippen molar-refractivity contribution < 1.29 is 22.4 Å². The molecule has 1 rings (SSSR count). The lowest BCUT2D eigenvalue weighted by molar-refractivity contribution is -0.140. The van der Waals surface area contributed by atoms with Crippen molar-refractivity contribution in [2.24, 2.45) is 11.3 Å². The van der Waals surface area contributed by atoms with Gasteiger partial charge >= 0.3 is 6.18 Å². The van der Waals surface area contributed by atoms with Gasteiger partial charge in [-0.05, 0) is 29.5 Å². The highest BCUT2D eigenvalue weighted by molar-refractivity contribution is 5.96. The van der Waals surface area contributed by atoms with E-state index in [-0.39, 0.29) is 23.3 Å². The minimum absolute atomic E-state index is 0.00869. The minimum atomic E-state index is -4.80. The van der Waals surface area contributed by atoms with Gasteiger partial charge in [0.05, 0.1) is 5.56 Å². The number of hydrogen-bond acceptors (Lipinski definition) is 1. The molecule has 1 unspecified atom stereocenters. The molecule has 0 aliphatic heterocycles. The first-order valence-electron chi connectivity index (χ1n) is 6.33. The summed E-state index contributed by atoms with van der Waals surface area (Å²) in [6.45, 7) is 7.73. The van der Waals surface area contributed by atoms with Crippen LogP contribution in [0.25, 0.3) is 0 Å². The van der Waals surface area contributed by atoms with Crippen LogP contribution in [-0.4, -0.2) is 5.78 Å². The van der Waals surface area contributed by atoms with E-state index in [4.69, 9.17) is 0 Å². The van der Waals surface area contributed by atoms with Gasteiger partial charge in [0, 0.05) is 12.0 Å². The van der Waals surface area contributed by atoms with E-state index in [9.17, 15) is 22.4 Å². The molecule has 0 bridgehead atoms. The molecule has 0 aromatic heterocycles. The number of Topliss-reactive ketones (excluding diaryl/α,β-unsaturated/α-hetero) is 1. The number of alkyl halides is 3. The van der Waals surface area contributed by atoms with E-state index in [1.54, 1.807) is 0 Å². The molecule has 5 heteroatoms. The van der Waals surface area contributed by atoms with E-state index >= 15 is 0 Å². The zero-order valence-electron chi connectivity index (χ0n) is 11.9. The van der Waals surface area contributed by atoms with Crippen molar-refractivity contribution in [2.75, 3.05) is 0 Å². The Labute approximate surface area is 116 Å². The number of rotatable bonds is 3. The van der Waals surface area contributed by atoms with Crippen LogP contribution in [-0.2, 0) is 6.18 Å². The lowest BCUT2D eigenvalue weighted by Gasteiger charge is -2.26. The van der Waals surface area contributed by atoms with Crippen molar-refractivity contribution in [1.82, 2.24) is 0 Å². The zero-order valence-corrected chi connectivity index (χ0v) is 11.9. The maximum Gasteiger partial charge on any atom is 0.419 e. The standard InChI is InChI=1S/C15H18F4O/c1-9(14(2,3)4)7-13(20)10-5-6-12(16)11(8-10)15(17,18)19/h5-6,8-9H,7H2,1-4H3. The molecule has 1 atom stereocenters. The Morgan fingerprint density at radius 1 is 1.20 bits per heavy atom. The number of ketones is 1. The fraction of sp³-hybridized carbons (Fsp3) is 0.533. The first-order valence-corrected chi connectivity index (χ1v) is 6.33. The summed E-state index contributed by atoms with van der Waals surface area (Å²) in [6, 6.07) is 2.38. The van der Waals surface area contributed by atoms with Crippen molar-refractivity contribution in [3.05, 3.63) is 35.1 Å². The number of carbonyl (C=O) groups excluding carboxylic acids is 1. The zero-order chi connectivity index (χ0) is 15.7. The molecule has 0 amide bonds. The highest BCUT2D eigenvalue weighted by atomic mass is 19.4. The summed E-state index contributed by atoms with van der Waals surface area (Å²) in [5.41, 5.74) is -1.62. The van der Waals surface area contributed by atoms with Gasteiger partial charge in [0.1, 0.15) is 5.82 Å². The predicted octanol–water partition coefficient (Wildman–Crippen LogP) is 5.10. The highest BCUT2D eigenvalue weighted by Crippen LogP contribution is 2.33. The number of benzene rings is 1. The molecule has 0 N–H and O–H groups in total. The topological polar surface area (TPSA) is 17.1 Å². The quantitative estimate of drug-likeness (QED) is 0.559. The van der Waals surface area contributed by atoms with Crippen LogP contribution in [0.2, 0.25) is 0 Å². The van der Waals surface area contributed by atoms with Crippen molar-refractivity contribution >= 4 is 5.78 Å². The van der Waals surface area contributed by atoms with Crippen LogP contribution in [0, 0.1) is 17.2 Å². The van der Waals surface area contributed by atoms with E-state index in [1.807, 2.05) is 27.7 Å². The molecule has 0 spiro atoms. The van der Waals surface area contributed by atoms with Gasteiger partial charge in [-0.2, -0.15) is 13.2 Å². The van der Waals surface area contributed by atoms with Gasteiger partial charge in [0.25, 0.3) is 0 Å². The normalized spacial score (nSPS) is 14.2. The third kappa shape index (κ3) is 4.05. The molecule has 0 saturated heterocycles. The van der Waals surface area contributed by atoms with E-state index in [0.717, 1.165) is 6.07 Å². The molecule has 0 radical (unpaired) electrons. The van der Waals surface area contributed by atoms with Crippen LogP contribution in [0.3, 0.4) is 0 Å². The van der Waals surface area contributed by atoms with Crippen LogP contribution >= 0.6 is 0 Å². The summed E-state index contributed by atoms with van der Waals surface area (Å²) in [5.74, 6) is -1.76. The Hall–Kier alpha value is -1.39. The minimum Gasteiger partial charge on any atom is -0.294 e. The third-order valence-electron chi connectivity index (χ3n) is 3.56. The van der Waals surface area contributed by atoms with Crippen LogP contribution < -0.4 is 0 Å². The monoisotopic (exact) mass is 290 g/mol. The van der Waals surface area contributed by atoms with E-state index in [2.05, 4.69) is 0 Å². The second-order valence-corrected chi connectivity index (χ2v) is 6.09. The summed E-state index contributed by atoms with van der Waals surface area (Å²) in [5, 5.41) is 0. The molecule has 20 heavy (non-hydrogen) atoms. The van der Waals surface area contributed by atoms with E-state index in [1.165, 1.54) is 0 Å². The smallest absolute Gasteiger partial charge is 0.294 e. The van der Waals surface area contributed by atoms with Crippen LogP contribution in [0.1, 0.15) is 50.0 Å². The summed E-state index contributed by atoms with van der Waals surface area (Å²) in [6.07, 6.45) is -4.66. The first kappa shape index (κ1) is 16.7. The van der Waals surface area contributed by atoms with E-state index in [0.29, 0.717) is 12.1 Å². The highest BCUT2D eigenvalue weighted by Gasteiger charge is 2.35. The first-order chi connectivity index (χ1) is 8.93. The van der Waals surface area contributed by atoms with Gasteiger partial charge in [-0.15, -0.1) is 0 Å². The molecule has 0 saturated carbocycles. The number of carbonyl (C=O) groups is 1. The van der Waals surface area contributed by atoms with E-state index < -0.39 is 23.3 Å². The third-order valence-corrected chi connectivity index (χ3v) is 3.56. The van der Waals surface area contributed by atoms with Crippen LogP contribution in [0.4, 0.5) is 17.6 Å². The van der Waals surface area contributed by atoms with Gasteiger partial charge in [0.15, 0.2) is 5.78 Å². The molecule has 0 aliphatic rings. The fourth-order valence-corrected chi connectivity index (χ4v) is 1.62. The average molecular weight is 290 g/mol. The molecular formula is C15H18F4O. The van der Waals surface area contributed by atoms with Gasteiger partial charge < -0.3 is 0 Å².